The largest absolute Gasteiger partial charge is 0.310 e. The van der Waals surface area contributed by atoms with E-state index in [4.69, 9.17) is 23.2 Å². The van der Waals surface area contributed by atoms with Gasteiger partial charge in [0.15, 0.2) is 0 Å². The van der Waals surface area contributed by atoms with E-state index in [2.05, 4.69) is 12.2 Å². The van der Waals surface area contributed by atoms with Gasteiger partial charge in [-0.1, -0.05) is 54.4 Å². The first-order valence-corrected chi connectivity index (χ1v) is 7.79. The van der Waals surface area contributed by atoms with E-state index in [1.807, 2.05) is 18.2 Å². The Morgan fingerprint density at radius 1 is 1.14 bits per heavy atom. The van der Waals surface area contributed by atoms with Crippen LogP contribution >= 0.6 is 23.2 Å². The molecule has 0 spiro atoms. The van der Waals surface area contributed by atoms with Crippen LogP contribution in [0.5, 0.6) is 0 Å². The zero-order valence-electron chi connectivity index (χ0n) is 11.9. The summed E-state index contributed by atoms with van der Waals surface area (Å²) in [6.45, 7) is 2.97. The molecule has 1 unspecified atom stereocenters. The second-order valence-corrected chi connectivity index (χ2v) is 5.77. The summed E-state index contributed by atoms with van der Waals surface area (Å²) in [5.74, 6) is -0.223. The molecule has 2 rings (SSSR count). The van der Waals surface area contributed by atoms with Crippen LogP contribution < -0.4 is 5.32 Å². The lowest BCUT2D eigenvalue weighted by molar-refractivity contribution is 0.527. The highest BCUT2D eigenvalue weighted by atomic mass is 35.5. The summed E-state index contributed by atoms with van der Waals surface area (Å²) in [6, 6.07) is 12.3. The summed E-state index contributed by atoms with van der Waals surface area (Å²) in [5, 5.41) is 4.55. The summed E-state index contributed by atoms with van der Waals surface area (Å²) < 4.78 is 13.3. The lowest BCUT2D eigenvalue weighted by atomic mass is 9.98. The van der Waals surface area contributed by atoms with Crippen molar-refractivity contribution in [2.45, 2.75) is 25.8 Å². The van der Waals surface area contributed by atoms with E-state index in [-0.39, 0.29) is 11.9 Å². The number of hydrogen-bond acceptors (Lipinski definition) is 1. The zero-order chi connectivity index (χ0) is 15.2. The predicted octanol–water partition coefficient (Wildman–Crippen LogP) is 5.42. The Kier molecular flexibility index (Phi) is 6.04. The molecule has 1 nitrogen and oxygen atoms in total. The number of nitrogens with one attached hydrogen (secondary N) is 1. The van der Waals surface area contributed by atoms with Gasteiger partial charge >= 0.3 is 0 Å². The highest BCUT2D eigenvalue weighted by Crippen LogP contribution is 2.31. The van der Waals surface area contributed by atoms with Crippen molar-refractivity contribution < 1.29 is 4.39 Å². The Morgan fingerprint density at radius 3 is 2.62 bits per heavy atom. The predicted molar refractivity (Wildman–Crippen MR) is 87.6 cm³/mol. The smallest absolute Gasteiger partial charge is 0.123 e. The average Bonchev–Trinajstić information content (AvgIpc) is 2.47. The molecule has 0 radical (unpaired) electrons. The fourth-order valence-corrected chi connectivity index (χ4v) is 2.74. The summed E-state index contributed by atoms with van der Waals surface area (Å²) in [6.07, 6.45) is 1.68. The first-order valence-electron chi connectivity index (χ1n) is 7.03. The van der Waals surface area contributed by atoms with E-state index in [0.29, 0.717) is 16.5 Å². The van der Waals surface area contributed by atoms with Crippen LogP contribution in [0.4, 0.5) is 4.39 Å². The average molecular weight is 326 g/mol. The highest BCUT2D eigenvalue weighted by molar-refractivity contribution is 6.42. The van der Waals surface area contributed by atoms with E-state index in [0.717, 1.165) is 24.1 Å². The molecule has 0 amide bonds. The first-order chi connectivity index (χ1) is 10.1. The number of benzene rings is 2. The Balaban J connectivity index is 2.27. The van der Waals surface area contributed by atoms with Gasteiger partial charge in [-0.25, -0.2) is 4.39 Å². The van der Waals surface area contributed by atoms with Crippen molar-refractivity contribution in [2.24, 2.45) is 0 Å². The van der Waals surface area contributed by atoms with Gasteiger partial charge in [0.25, 0.3) is 0 Å². The molecule has 4 heteroatoms. The van der Waals surface area contributed by atoms with Crippen LogP contribution in [-0.4, -0.2) is 6.54 Å². The van der Waals surface area contributed by atoms with Gasteiger partial charge in [0.1, 0.15) is 5.82 Å². The SMILES string of the molecule is CCCNC(Cc1cccc(F)c1)c1cccc(Cl)c1Cl. The van der Waals surface area contributed by atoms with Crippen LogP contribution in [0.15, 0.2) is 42.5 Å². The molecule has 2 aromatic carbocycles. The molecule has 0 aliphatic carbocycles. The molecule has 2 aromatic rings. The van der Waals surface area contributed by atoms with Gasteiger partial charge in [0.2, 0.25) is 0 Å². The molecule has 1 atom stereocenters. The van der Waals surface area contributed by atoms with Crippen molar-refractivity contribution in [3.63, 3.8) is 0 Å². The third-order valence-corrected chi connectivity index (χ3v) is 4.16. The molecule has 0 aliphatic heterocycles. The third-order valence-electron chi connectivity index (χ3n) is 3.33. The molecule has 0 saturated heterocycles. The van der Waals surface area contributed by atoms with Crippen LogP contribution in [0, 0.1) is 5.82 Å². The van der Waals surface area contributed by atoms with Crippen molar-refractivity contribution in [1.29, 1.82) is 0 Å². The molecular formula is C17H18Cl2FN. The van der Waals surface area contributed by atoms with Crippen LogP contribution in [-0.2, 0) is 6.42 Å². The molecule has 112 valence electrons. The van der Waals surface area contributed by atoms with Gasteiger partial charge in [-0.05, 0) is 48.7 Å². The Labute approximate surface area is 135 Å². The summed E-state index contributed by atoms with van der Waals surface area (Å²) in [7, 11) is 0. The topological polar surface area (TPSA) is 12.0 Å². The molecular weight excluding hydrogens is 308 g/mol. The Morgan fingerprint density at radius 2 is 1.90 bits per heavy atom. The van der Waals surface area contributed by atoms with Crippen molar-refractivity contribution >= 4 is 23.2 Å². The van der Waals surface area contributed by atoms with Crippen LogP contribution in [0.25, 0.3) is 0 Å². The number of halogens is 3. The van der Waals surface area contributed by atoms with Gasteiger partial charge in [-0.2, -0.15) is 0 Å². The van der Waals surface area contributed by atoms with E-state index >= 15 is 0 Å². The molecule has 0 heterocycles. The molecule has 0 bridgehead atoms. The summed E-state index contributed by atoms with van der Waals surface area (Å²) in [5.41, 5.74) is 1.88. The van der Waals surface area contributed by atoms with E-state index in [1.54, 1.807) is 18.2 Å². The maximum atomic E-state index is 13.3. The molecule has 1 N–H and O–H groups in total. The molecule has 0 saturated carbocycles. The third kappa shape index (κ3) is 4.44. The molecule has 0 fully saturated rings. The minimum atomic E-state index is -0.223. The van der Waals surface area contributed by atoms with Gasteiger partial charge in [0, 0.05) is 6.04 Å². The minimum Gasteiger partial charge on any atom is -0.310 e. The van der Waals surface area contributed by atoms with Gasteiger partial charge in [0.05, 0.1) is 10.0 Å². The fraction of sp³-hybridized carbons (Fsp3) is 0.294. The van der Waals surface area contributed by atoms with Crippen LogP contribution in [0.1, 0.15) is 30.5 Å². The van der Waals surface area contributed by atoms with Crippen LogP contribution in [0.3, 0.4) is 0 Å². The van der Waals surface area contributed by atoms with E-state index < -0.39 is 0 Å². The van der Waals surface area contributed by atoms with Crippen molar-refractivity contribution in [3.05, 3.63) is 69.5 Å². The number of hydrogen-bond donors (Lipinski definition) is 1. The van der Waals surface area contributed by atoms with Crippen molar-refractivity contribution in [1.82, 2.24) is 5.32 Å². The van der Waals surface area contributed by atoms with Gasteiger partial charge in [-0.15, -0.1) is 0 Å². The second kappa shape index (κ2) is 7.79. The summed E-state index contributed by atoms with van der Waals surface area (Å²) in [4.78, 5) is 0. The van der Waals surface area contributed by atoms with E-state index in [1.165, 1.54) is 6.07 Å². The van der Waals surface area contributed by atoms with E-state index in [9.17, 15) is 4.39 Å². The van der Waals surface area contributed by atoms with Crippen molar-refractivity contribution in [3.8, 4) is 0 Å². The Bertz CT molecular complexity index is 601. The number of rotatable bonds is 6. The maximum Gasteiger partial charge on any atom is 0.123 e. The first kappa shape index (κ1) is 16.3. The monoisotopic (exact) mass is 325 g/mol. The van der Waals surface area contributed by atoms with Gasteiger partial charge < -0.3 is 5.32 Å². The Hall–Kier alpha value is -1.09. The van der Waals surface area contributed by atoms with Gasteiger partial charge in [-0.3, -0.25) is 0 Å². The standard InChI is InChI=1S/C17H18Cl2FN/c1-2-9-21-16(11-12-5-3-6-13(20)10-12)14-7-4-8-15(18)17(14)19/h3-8,10,16,21H,2,9,11H2,1H3. The normalized spacial score (nSPS) is 12.4. The quantitative estimate of drug-likeness (QED) is 0.748. The lowest BCUT2D eigenvalue weighted by Gasteiger charge is -2.21. The highest BCUT2D eigenvalue weighted by Gasteiger charge is 2.16. The molecule has 0 aliphatic rings. The second-order valence-electron chi connectivity index (χ2n) is 4.98. The minimum absolute atomic E-state index is 0.0120. The fourth-order valence-electron chi connectivity index (χ4n) is 2.30. The molecule has 0 aromatic heterocycles. The maximum absolute atomic E-state index is 13.3. The summed E-state index contributed by atoms with van der Waals surface area (Å²) >= 11 is 12.4. The lowest BCUT2D eigenvalue weighted by Crippen LogP contribution is -2.24. The van der Waals surface area contributed by atoms with Crippen molar-refractivity contribution in [2.75, 3.05) is 6.54 Å². The molecule has 21 heavy (non-hydrogen) atoms. The zero-order valence-corrected chi connectivity index (χ0v) is 13.4. The van der Waals surface area contributed by atoms with Crippen LogP contribution in [0.2, 0.25) is 10.0 Å².